The zero-order valence-corrected chi connectivity index (χ0v) is 16.2. The van der Waals surface area contributed by atoms with Crippen LogP contribution in [0.5, 0.6) is 0 Å². The van der Waals surface area contributed by atoms with Gasteiger partial charge in [-0.3, -0.25) is 19.1 Å². The molecule has 0 saturated heterocycles. The molecule has 0 amide bonds. The summed E-state index contributed by atoms with van der Waals surface area (Å²) in [6.45, 7) is 0.467. The van der Waals surface area contributed by atoms with Gasteiger partial charge in [0.2, 0.25) is 11.7 Å². The Morgan fingerprint density at radius 3 is 3.10 bits per heavy atom. The van der Waals surface area contributed by atoms with Crippen molar-refractivity contribution >= 4 is 27.5 Å². The van der Waals surface area contributed by atoms with Crippen molar-refractivity contribution in [2.24, 2.45) is 0 Å². The second-order valence-electron chi connectivity index (χ2n) is 6.21. The maximum Gasteiger partial charge on any atom is 0.307 e. The lowest BCUT2D eigenvalue weighted by molar-refractivity contribution is -0.144. The predicted molar refractivity (Wildman–Crippen MR) is 105 cm³/mol. The zero-order valence-electron chi connectivity index (χ0n) is 15.4. The molecule has 4 aromatic rings. The van der Waals surface area contributed by atoms with E-state index in [1.54, 1.807) is 24.5 Å². The first-order valence-corrected chi connectivity index (χ1v) is 9.90. The number of aromatic nitrogens is 5. The third-order valence-corrected chi connectivity index (χ3v) is 5.01. The van der Waals surface area contributed by atoms with Crippen LogP contribution in [0.3, 0.4) is 0 Å². The van der Waals surface area contributed by atoms with E-state index in [0.29, 0.717) is 34.8 Å². The monoisotopic (exact) mass is 411 g/mol. The summed E-state index contributed by atoms with van der Waals surface area (Å²) in [5, 5.41) is 6.30. The Kier molecular flexibility index (Phi) is 5.71. The highest BCUT2D eigenvalue weighted by atomic mass is 32.1. The zero-order chi connectivity index (χ0) is 20.1. The lowest BCUT2D eigenvalue weighted by Crippen LogP contribution is -2.22. The van der Waals surface area contributed by atoms with Crippen LogP contribution < -0.4 is 5.56 Å². The molecule has 9 nitrogen and oxygen atoms in total. The van der Waals surface area contributed by atoms with Gasteiger partial charge < -0.3 is 9.26 Å². The van der Waals surface area contributed by atoms with Crippen LogP contribution in [0.4, 0.5) is 0 Å². The Morgan fingerprint density at radius 2 is 2.24 bits per heavy atom. The maximum absolute atomic E-state index is 12.3. The minimum Gasteiger partial charge on any atom is -0.466 e. The Labute approximate surface area is 169 Å². The second-order valence-corrected chi connectivity index (χ2v) is 7.10. The fourth-order valence-corrected chi connectivity index (χ4v) is 3.44. The van der Waals surface area contributed by atoms with Gasteiger partial charge in [-0.05, 0) is 30.0 Å². The van der Waals surface area contributed by atoms with Crippen LogP contribution >= 0.6 is 11.3 Å². The number of nitrogens with zero attached hydrogens (tertiary/aromatic N) is 5. The number of carbonyl (C=O) groups is 1. The van der Waals surface area contributed by atoms with Gasteiger partial charge in [0, 0.05) is 30.9 Å². The molecule has 4 heterocycles. The van der Waals surface area contributed by atoms with Crippen LogP contribution in [0.2, 0.25) is 0 Å². The molecular weight excluding hydrogens is 394 g/mol. The molecule has 29 heavy (non-hydrogen) atoms. The van der Waals surface area contributed by atoms with Gasteiger partial charge in [-0.2, -0.15) is 4.98 Å². The van der Waals surface area contributed by atoms with E-state index >= 15 is 0 Å². The van der Waals surface area contributed by atoms with Crippen molar-refractivity contribution in [3.63, 3.8) is 0 Å². The summed E-state index contributed by atoms with van der Waals surface area (Å²) in [5.41, 5.74) is 0.629. The number of hydrogen-bond acceptors (Lipinski definition) is 9. The minimum absolute atomic E-state index is 0.100. The first-order chi connectivity index (χ1) is 14.2. The molecule has 0 atom stereocenters. The van der Waals surface area contributed by atoms with E-state index in [1.807, 2.05) is 11.4 Å². The molecule has 4 aromatic heterocycles. The standard InChI is InChI=1S/C19H17N5O4S/c25-16(5-8-24-12-21-18-14(19(24)26)6-10-29-18)27-9-2-4-15-22-17(23-28-15)13-3-1-7-20-11-13/h1,3,6-7,10-12H,2,4-5,8-9H2. The van der Waals surface area contributed by atoms with Crippen molar-refractivity contribution in [1.29, 1.82) is 0 Å². The molecule has 0 aromatic carbocycles. The Hall–Kier alpha value is -3.40. The summed E-state index contributed by atoms with van der Waals surface area (Å²) in [6, 6.07) is 5.38. The molecule has 0 aliphatic rings. The van der Waals surface area contributed by atoms with Crippen LogP contribution in [-0.2, 0) is 22.5 Å². The fraction of sp³-hybridized carbons (Fsp3) is 0.263. The van der Waals surface area contributed by atoms with E-state index < -0.39 is 0 Å². The summed E-state index contributed by atoms with van der Waals surface area (Å²) >= 11 is 1.41. The number of fused-ring (bicyclic) bond motifs is 1. The fourth-order valence-electron chi connectivity index (χ4n) is 2.71. The van der Waals surface area contributed by atoms with Crippen LogP contribution in [0.15, 0.2) is 51.6 Å². The molecule has 0 spiro atoms. The second kappa shape index (κ2) is 8.74. The van der Waals surface area contributed by atoms with Crippen LogP contribution in [-0.4, -0.2) is 37.3 Å². The lowest BCUT2D eigenvalue weighted by Gasteiger charge is -2.06. The Bertz CT molecular complexity index is 1170. The SMILES string of the molecule is O=C(CCn1cnc2sccc2c1=O)OCCCc1nc(-c2cccnc2)no1. The third kappa shape index (κ3) is 4.54. The highest BCUT2D eigenvalue weighted by molar-refractivity contribution is 7.16. The summed E-state index contributed by atoms with van der Waals surface area (Å²) in [5.74, 6) is 0.581. The topological polar surface area (TPSA) is 113 Å². The Morgan fingerprint density at radius 1 is 1.31 bits per heavy atom. The van der Waals surface area contributed by atoms with Crippen LogP contribution in [0, 0.1) is 0 Å². The Balaban J connectivity index is 1.21. The minimum atomic E-state index is -0.371. The molecule has 0 saturated carbocycles. The number of carbonyl (C=O) groups excluding carboxylic acids is 1. The van der Waals surface area contributed by atoms with Gasteiger partial charge in [-0.1, -0.05) is 5.16 Å². The summed E-state index contributed by atoms with van der Waals surface area (Å²) in [4.78, 5) is 37.4. The number of ether oxygens (including phenoxy) is 1. The van der Waals surface area contributed by atoms with Gasteiger partial charge >= 0.3 is 5.97 Å². The summed E-state index contributed by atoms with van der Waals surface area (Å²) in [6.07, 6.45) is 5.95. The molecule has 0 aliphatic carbocycles. The van der Waals surface area contributed by atoms with E-state index in [1.165, 1.54) is 22.2 Å². The average molecular weight is 411 g/mol. The molecule has 0 aliphatic heterocycles. The van der Waals surface area contributed by atoms with Crippen molar-refractivity contribution in [1.82, 2.24) is 24.7 Å². The van der Waals surface area contributed by atoms with Crippen molar-refractivity contribution < 1.29 is 14.1 Å². The molecule has 0 unspecified atom stereocenters. The maximum atomic E-state index is 12.3. The van der Waals surface area contributed by atoms with E-state index in [9.17, 15) is 9.59 Å². The van der Waals surface area contributed by atoms with E-state index in [0.717, 1.165) is 5.56 Å². The molecule has 0 N–H and O–H groups in total. The van der Waals surface area contributed by atoms with Crippen molar-refractivity contribution in [2.75, 3.05) is 6.61 Å². The van der Waals surface area contributed by atoms with E-state index in [2.05, 4.69) is 20.1 Å². The molecular formula is C19H17N5O4S. The van der Waals surface area contributed by atoms with Crippen molar-refractivity contribution in [2.45, 2.75) is 25.8 Å². The molecule has 4 rings (SSSR count). The summed E-state index contributed by atoms with van der Waals surface area (Å²) < 4.78 is 11.8. The largest absolute Gasteiger partial charge is 0.466 e. The number of rotatable bonds is 8. The van der Waals surface area contributed by atoms with Gasteiger partial charge in [0.15, 0.2) is 0 Å². The van der Waals surface area contributed by atoms with Gasteiger partial charge in [0.05, 0.1) is 24.7 Å². The van der Waals surface area contributed by atoms with E-state index in [4.69, 9.17) is 9.26 Å². The highest BCUT2D eigenvalue weighted by Crippen LogP contribution is 2.15. The predicted octanol–water partition coefficient (Wildman–Crippen LogP) is 2.47. The molecule has 10 heteroatoms. The number of hydrogen-bond donors (Lipinski definition) is 0. The van der Waals surface area contributed by atoms with Crippen LogP contribution in [0.25, 0.3) is 21.6 Å². The van der Waals surface area contributed by atoms with Gasteiger partial charge in [0.1, 0.15) is 4.83 Å². The smallest absolute Gasteiger partial charge is 0.307 e. The molecule has 148 valence electrons. The number of pyridine rings is 1. The highest BCUT2D eigenvalue weighted by Gasteiger charge is 2.10. The average Bonchev–Trinajstić information content (AvgIpc) is 3.41. The van der Waals surface area contributed by atoms with Crippen molar-refractivity contribution in [3.05, 3.63) is 58.5 Å². The molecule has 0 radical (unpaired) electrons. The number of aryl methyl sites for hydroxylation is 2. The number of esters is 1. The van der Waals surface area contributed by atoms with Gasteiger partial charge in [-0.15, -0.1) is 11.3 Å². The normalized spacial score (nSPS) is 11.0. The van der Waals surface area contributed by atoms with E-state index in [-0.39, 0.29) is 31.1 Å². The van der Waals surface area contributed by atoms with Crippen molar-refractivity contribution in [3.8, 4) is 11.4 Å². The van der Waals surface area contributed by atoms with Gasteiger partial charge in [0.25, 0.3) is 5.56 Å². The third-order valence-electron chi connectivity index (χ3n) is 4.19. The lowest BCUT2D eigenvalue weighted by atomic mass is 10.3. The first-order valence-electron chi connectivity index (χ1n) is 9.02. The quantitative estimate of drug-likeness (QED) is 0.321. The first kappa shape index (κ1) is 18.9. The molecule has 0 fully saturated rings. The number of thiophene rings is 1. The summed E-state index contributed by atoms with van der Waals surface area (Å²) in [7, 11) is 0. The van der Waals surface area contributed by atoms with Gasteiger partial charge in [-0.25, -0.2) is 4.98 Å². The molecule has 0 bridgehead atoms. The van der Waals surface area contributed by atoms with Crippen LogP contribution in [0.1, 0.15) is 18.7 Å².